The van der Waals surface area contributed by atoms with Gasteiger partial charge in [-0.25, -0.2) is 9.07 Å². The van der Waals surface area contributed by atoms with Crippen LogP contribution in [-0.2, 0) is 0 Å². The first-order chi connectivity index (χ1) is 13.0. The highest BCUT2D eigenvalue weighted by Gasteiger charge is 2.14. The Morgan fingerprint density at radius 3 is 2.63 bits per heavy atom. The molecule has 5 nitrogen and oxygen atoms in total. The van der Waals surface area contributed by atoms with Gasteiger partial charge in [-0.3, -0.25) is 9.78 Å². The number of anilines is 1. The van der Waals surface area contributed by atoms with E-state index in [4.69, 9.17) is 0 Å². The summed E-state index contributed by atoms with van der Waals surface area (Å²) in [6.45, 7) is 3.72. The first kappa shape index (κ1) is 16.9. The summed E-state index contributed by atoms with van der Waals surface area (Å²) in [5.41, 5.74) is 2.64. The van der Waals surface area contributed by atoms with Gasteiger partial charge in [0.2, 0.25) is 0 Å². The maximum Gasteiger partial charge on any atom is 0.274 e. The maximum atomic E-state index is 14.6. The molecule has 0 aliphatic rings. The molecular weight excluding hydrogens is 343 g/mol. The Morgan fingerprint density at radius 1 is 1.07 bits per heavy atom. The summed E-state index contributed by atoms with van der Waals surface area (Å²) in [6, 6.07) is 15.8. The van der Waals surface area contributed by atoms with Crippen LogP contribution in [0.25, 0.3) is 16.5 Å². The lowest BCUT2D eigenvalue weighted by Gasteiger charge is -2.10. The van der Waals surface area contributed by atoms with Gasteiger partial charge in [0.25, 0.3) is 5.91 Å². The van der Waals surface area contributed by atoms with E-state index in [2.05, 4.69) is 15.4 Å². The summed E-state index contributed by atoms with van der Waals surface area (Å²) >= 11 is 0. The number of aryl methyl sites for hydroxylation is 2. The molecule has 0 aliphatic carbocycles. The Labute approximate surface area is 155 Å². The van der Waals surface area contributed by atoms with Crippen LogP contribution in [0.2, 0.25) is 0 Å². The Balaban J connectivity index is 1.64. The summed E-state index contributed by atoms with van der Waals surface area (Å²) in [5, 5.41) is 8.68. The second-order valence-electron chi connectivity index (χ2n) is 6.34. The van der Waals surface area contributed by atoms with E-state index in [-0.39, 0.29) is 5.91 Å². The van der Waals surface area contributed by atoms with E-state index in [1.165, 1.54) is 6.07 Å². The van der Waals surface area contributed by atoms with Gasteiger partial charge in [0.15, 0.2) is 5.82 Å². The molecule has 2 heterocycles. The lowest BCUT2D eigenvalue weighted by atomic mass is 10.1. The first-order valence-electron chi connectivity index (χ1n) is 8.51. The van der Waals surface area contributed by atoms with Gasteiger partial charge in [-0.05, 0) is 49.6 Å². The number of benzene rings is 2. The molecule has 4 rings (SSSR count). The molecule has 0 fully saturated rings. The average Bonchev–Trinajstić information content (AvgIpc) is 2.99. The molecule has 2 aromatic carbocycles. The van der Waals surface area contributed by atoms with Gasteiger partial charge < -0.3 is 5.32 Å². The summed E-state index contributed by atoms with van der Waals surface area (Å²) < 4.78 is 16.1. The molecular formula is C21H17FN4O. The molecule has 0 atom stereocenters. The predicted octanol–water partition coefficient (Wildman–Crippen LogP) is 4.43. The van der Waals surface area contributed by atoms with Crippen molar-refractivity contribution < 1.29 is 9.18 Å². The predicted molar refractivity (Wildman–Crippen MR) is 103 cm³/mol. The van der Waals surface area contributed by atoms with E-state index in [0.717, 1.165) is 22.2 Å². The van der Waals surface area contributed by atoms with Crippen molar-refractivity contribution in [1.29, 1.82) is 0 Å². The lowest BCUT2D eigenvalue weighted by Crippen LogP contribution is -2.14. The van der Waals surface area contributed by atoms with E-state index < -0.39 is 5.82 Å². The fraction of sp³-hybridized carbons (Fsp3) is 0.0952. The number of nitrogens with one attached hydrogen (secondary N) is 1. The monoisotopic (exact) mass is 360 g/mol. The quantitative estimate of drug-likeness (QED) is 0.588. The fourth-order valence-corrected chi connectivity index (χ4v) is 3.12. The minimum absolute atomic E-state index is 0.302. The van der Waals surface area contributed by atoms with Gasteiger partial charge in [0.1, 0.15) is 11.4 Å². The van der Waals surface area contributed by atoms with Crippen LogP contribution < -0.4 is 5.32 Å². The molecule has 0 aliphatic heterocycles. The number of amides is 1. The van der Waals surface area contributed by atoms with Crippen molar-refractivity contribution in [3.63, 3.8) is 0 Å². The molecule has 0 saturated heterocycles. The number of carbonyl (C=O) groups is 1. The van der Waals surface area contributed by atoms with Crippen molar-refractivity contribution in [3.05, 3.63) is 83.7 Å². The summed E-state index contributed by atoms with van der Waals surface area (Å²) in [4.78, 5) is 16.8. The summed E-state index contributed by atoms with van der Waals surface area (Å²) in [5.74, 6) is -0.852. The van der Waals surface area contributed by atoms with Gasteiger partial charge in [0.05, 0.1) is 5.69 Å². The molecule has 4 aromatic rings. The van der Waals surface area contributed by atoms with Gasteiger partial charge in [0, 0.05) is 23.0 Å². The van der Waals surface area contributed by atoms with Crippen LogP contribution in [0.5, 0.6) is 0 Å². The highest BCUT2D eigenvalue weighted by atomic mass is 19.1. The molecule has 1 amide bonds. The second-order valence-corrected chi connectivity index (χ2v) is 6.34. The van der Waals surface area contributed by atoms with Crippen molar-refractivity contribution in [2.45, 2.75) is 13.8 Å². The standard InChI is InChI=1S/C21H17FN4O/c1-13-11-14(2)26(25-13)19-8-7-16(12-18(19)22)24-21(27)20-17-6-4-3-5-15(17)9-10-23-20/h3-12H,1-2H3,(H,24,27). The summed E-state index contributed by atoms with van der Waals surface area (Å²) in [7, 11) is 0. The van der Waals surface area contributed by atoms with E-state index in [0.29, 0.717) is 17.1 Å². The number of hydrogen-bond acceptors (Lipinski definition) is 3. The number of fused-ring (bicyclic) bond motifs is 1. The Bertz CT molecular complexity index is 1160. The van der Waals surface area contributed by atoms with Crippen LogP contribution >= 0.6 is 0 Å². The van der Waals surface area contributed by atoms with Crippen LogP contribution in [-0.4, -0.2) is 20.7 Å². The van der Waals surface area contributed by atoms with E-state index in [1.807, 2.05) is 50.2 Å². The van der Waals surface area contributed by atoms with Gasteiger partial charge in [-0.15, -0.1) is 0 Å². The lowest BCUT2D eigenvalue weighted by molar-refractivity contribution is 0.102. The van der Waals surface area contributed by atoms with Crippen molar-refractivity contribution in [1.82, 2.24) is 14.8 Å². The normalized spacial score (nSPS) is 10.9. The highest BCUT2D eigenvalue weighted by Crippen LogP contribution is 2.22. The number of hydrogen-bond donors (Lipinski definition) is 1. The van der Waals surface area contributed by atoms with Crippen LogP contribution in [0.3, 0.4) is 0 Å². The molecule has 27 heavy (non-hydrogen) atoms. The van der Waals surface area contributed by atoms with Gasteiger partial charge >= 0.3 is 0 Å². The van der Waals surface area contributed by atoms with E-state index in [9.17, 15) is 9.18 Å². The SMILES string of the molecule is Cc1cc(C)n(-c2ccc(NC(=O)c3nccc4ccccc34)cc2F)n1. The second kappa shape index (κ2) is 6.64. The van der Waals surface area contributed by atoms with Crippen LogP contribution in [0.1, 0.15) is 21.9 Å². The molecule has 0 radical (unpaired) electrons. The van der Waals surface area contributed by atoms with Gasteiger partial charge in [-0.1, -0.05) is 24.3 Å². The number of carbonyl (C=O) groups excluding carboxylic acids is 1. The zero-order valence-corrected chi connectivity index (χ0v) is 14.9. The number of halogens is 1. The maximum absolute atomic E-state index is 14.6. The van der Waals surface area contributed by atoms with Crippen LogP contribution in [0.15, 0.2) is 60.8 Å². The molecule has 6 heteroatoms. The molecule has 0 saturated carbocycles. The molecule has 0 spiro atoms. The average molecular weight is 360 g/mol. The Hall–Kier alpha value is -3.54. The third-order valence-corrected chi connectivity index (χ3v) is 4.33. The number of aromatic nitrogens is 3. The zero-order valence-electron chi connectivity index (χ0n) is 14.9. The Morgan fingerprint density at radius 2 is 1.89 bits per heavy atom. The van der Waals surface area contributed by atoms with Crippen LogP contribution in [0, 0.1) is 19.7 Å². The van der Waals surface area contributed by atoms with Crippen molar-refractivity contribution in [2.24, 2.45) is 0 Å². The summed E-state index contributed by atoms with van der Waals surface area (Å²) in [6.07, 6.45) is 1.59. The third-order valence-electron chi connectivity index (χ3n) is 4.33. The fourth-order valence-electron chi connectivity index (χ4n) is 3.12. The smallest absolute Gasteiger partial charge is 0.274 e. The minimum Gasteiger partial charge on any atom is -0.321 e. The molecule has 134 valence electrons. The highest BCUT2D eigenvalue weighted by molar-refractivity contribution is 6.11. The number of nitrogens with zero attached hydrogens (tertiary/aromatic N) is 3. The number of pyridine rings is 1. The number of rotatable bonds is 3. The topological polar surface area (TPSA) is 59.8 Å². The van der Waals surface area contributed by atoms with Crippen molar-refractivity contribution in [3.8, 4) is 5.69 Å². The third kappa shape index (κ3) is 3.17. The molecule has 0 bridgehead atoms. The zero-order chi connectivity index (χ0) is 19.0. The van der Waals surface area contributed by atoms with Gasteiger partial charge in [-0.2, -0.15) is 5.10 Å². The largest absolute Gasteiger partial charge is 0.321 e. The van der Waals surface area contributed by atoms with Crippen LogP contribution in [0.4, 0.5) is 10.1 Å². The first-order valence-corrected chi connectivity index (χ1v) is 8.51. The Kier molecular flexibility index (Phi) is 4.16. The molecule has 1 N–H and O–H groups in total. The van der Waals surface area contributed by atoms with E-state index >= 15 is 0 Å². The molecule has 0 unspecified atom stereocenters. The van der Waals surface area contributed by atoms with E-state index in [1.54, 1.807) is 23.0 Å². The van der Waals surface area contributed by atoms with Crippen molar-refractivity contribution >= 4 is 22.4 Å². The van der Waals surface area contributed by atoms with Crippen molar-refractivity contribution in [2.75, 3.05) is 5.32 Å². The minimum atomic E-state index is -0.468. The molecule has 2 aromatic heterocycles.